The Morgan fingerprint density at radius 3 is 2.94 bits per heavy atom. The molecule has 0 aromatic heterocycles. The van der Waals surface area contributed by atoms with E-state index in [1.807, 2.05) is 18.2 Å². The van der Waals surface area contributed by atoms with E-state index in [0.29, 0.717) is 5.56 Å². The molecule has 1 aromatic carbocycles. The molecule has 1 aromatic rings. The van der Waals surface area contributed by atoms with Crippen LogP contribution in [-0.2, 0) is 4.79 Å². The first kappa shape index (κ1) is 13.0. The van der Waals surface area contributed by atoms with Crippen LogP contribution in [0.2, 0.25) is 0 Å². The zero-order valence-corrected chi connectivity index (χ0v) is 10.3. The molecule has 0 atom stereocenters. The van der Waals surface area contributed by atoms with Gasteiger partial charge < -0.3 is 0 Å². The van der Waals surface area contributed by atoms with Crippen LogP contribution in [0.25, 0.3) is 6.08 Å². The molecule has 1 nitrogen and oxygen atoms in total. The van der Waals surface area contributed by atoms with Gasteiger partial charge in [0.1, 0.15) is 5.82 Å². The Morgan fingerprint density at radius 1 is 1.50 bits per heavy atom. The second-order valence-corrected chi connectivity index (χ2v) is 4.76. The van der Waals surface area contributed by atoms with Crippen LogP contribution < -0.4 is 0 Å². The summed E-state index contributed by atoms with van der Waals surface area (Å²) < 4.78 is 13.2. The van der Waals surface area contributed by atoms with Crippen molar-refractivity contribution in [2.75, 3.05) is 5.75 Å². The lowest BCUT2D eigenvalue weighted by molar-refractivity contribution is -0.109. The second kappa shape index (κ2) is 6.48. The molecular weight excluding hydrogens is 223 g/mol. The van der Waals surface area contributed by atoms with E-state index in [1.165, 1.54) is 17.8 Å². The molecule has 0 spiro atoms. The Kier molecular flexibility index (Phi) is 5.26. The van der Waals surface area contributed by atoms with Crippen molar-refractivity contribution in [1.82, 2.24) is 0 Å². The average molecular weight is 238 g/mol. The van der Waals surface area contributed by atoms with Crippen molar-refractivity contribution in [1.29, 1.82) is 0 Å². The highest BCUT2D eigenvalue weighted by Crippen LogP contribution is 2.14. The van der Waals surface area contributed by atoms with Gasteiger partial charge in [0.2, 0.25) is 0 Å². The zero-order chi connectivity index (χ0) is 12.0. The molecule has 0 aliphatic carbocycles. The minimum atomic E-state index is -0.180. The first-order chi connectivity index (χ1) is 7.61. The van der Waals surface area contributed by atoms with Crippen LogP contribution in [0.15, 0.2) is 24.3 Å². The number of rotatable bonds is 4. The standard InChI is InChI=1S/C13H15FOS/c1-10-12(7-5-8-13(10)14)6-3-4-9-16-11(2)15/h3,5-8H,4,9H2,1-2H3. The van der Waals surface area contributed by atoms with E-state index in [2.05, 4.69) is 0 Å². The van der Waals surface area contributed by atoms with Gasteiger partial charge in [-0.25, -0.2) is 4.39 Å². The average Bonchev–Trinajstić information content (AvgIpc) is 2.23. The molecule has 0 amide bonds. The van der Waals surface area contributed by atoms with Gasteiger partial charge in [-0.15, -0.1) is 0 Å². The number of hydrogen-bond donors (Lipinski definition) is 0. The minimum Gasteiger partial charge on any atom is -0.288 e. The number of halogens is 1. The Balaban J connectivity index is 2.50. The molecule has 0 bridgehead atoms. The molecule has 0 aliphatic rings. The van der Waals surface area contributed by atoms with Crippen molar-refractivity contribution in [2.24, 2.45) is 0 Å². The maximum Gasteiger partial charge on any atom is 0.185 e. The van der Waals surface area contributed by atoms with Crippen molar-refractivity contribution in [3.63, 3.8) is 0 Å². The smallest absolute Gasteiger partial charge is 0.185 e. The number of thioether (sulfide) groups is 1. The number of allylic oxidation sites excluding steroid dienone is 1. The number of hydrogen-bond acceptors (Lipinski definition) is 2. The highest BCUT2D eigenvalue weighted by molar-refractivity contribution is 8.13. The molecule has 0 fully saturated rings. The monoisotopic (exact) mass is 238 g/mol. The maximum absolute atomic E-state index is 13.2. The fraction of sp³-hybridized carbons (Fsp3) is 0.308. The lowest BCUT2D eigenvalue weighted by atomic mass is 10.1. The molecule has 3 heteroatoms. The van der Waals surface area contributed by atoms with Gasteiger partial charge in [0.05, 0.1) is 0 Å². The first-order valence-electron chi connectivity index (χ1n) is 5.16. The number of benzene rings is 1. The van der Waals surface area contributed by atoms with E-state index in [9.17, 15) is 9.18 Å². The summed E-state index contributed by atoms with van der Waals surface area (Å²) in [6.45, 7) is 3.32. The molecule has 0 unspecified atom stereocenters. The summed E-state index contributed by atoms with van der Waals surface area (Å²) in [4.78, 5) is 10.7. The van der Waals surface area contributed by atoms with Gasteiger partial charge in [-0.05, 0) is 30.5 Å². The third-order valence-electron chi connectivity index (χ3n) is 2.20. The summed E-state index contributed by atoms with van der Waals surface area (Å²) >= 11 is 1.31. The fourth-order valence-corrected chi connectivity index (χ4v) is 1.83. The van der Waals surface area contributed by atoms with Crippen molar-refractivity contribution in [3.05, 3.63) is 41.2 Å². The first-order valence-corrected chi connectivity index (χ1v) is 6.15. The lowest BCUT2D eigenvalue weighted by Gasteiger charge is -2.00. The highest BCUT2D eigenvalue weighted by Gasteiger charge is 1.99. The van der Waals surface area contributed by atoms with Crippen molar-refractivity contribution < 1.29 is 9.18 Å². The van der Waals surface area contributed by atoms with Crippen LogP contribution in [0.1, 0.15) is 24.5 Å². The van der Waals surface area contributed by atoms with Gasteiger partial charge in [-0.2, -0.15) is 0 Å². The molecule has 16 heavy (non-hydrogen) atoms. The Morgan fingerprint density at radius 2 is 2.25 bits per heavy atom. The predicted molar refractivity (Wildman–Crippen MR) is 67.9 cm³/mol. The molecule has 0 radical (unpaired) electrons. The van der Waals surface area contributed by atoms with Crippen molar-refractivity contribution in [2.45, 2.75) is 20.3 Å². The van der Waals surface area contributed by atoms with Gasteiger partial charge in [0, 0.05) is 12.7 Å². The molecule has 0 saturated heterocycles. The Hall–Kier alpha value is -1.09. The summed E-state index contributed by atoms with van der Waals surface area (Å²) in [6.07, 6.45) is 4.69. The zero-order valence-electron chi connectivity index (χ0n) is 9.50. The van der Waals surface area contributed by atoms with Crippen LogP contribution in [0.3, 0.4) is 0 Å². The molecule has 0 aliphatic heterocycles. The van der Waals surface area contributed by atoms with Gasteiger partial charge in [0.15, 0.2) is 5.12 Å². The summed E-state index contributed by atoms with van der Waals surface area (Å²) in [7, 11) is 0. The molecule has 0 heterocycles. The summed E-state index contributed by atoms with van der Waals surface area (Å²) in [5, 5.41) is 0.135. The summed E-state index contributed by atoms with van der Waals surface area (Å²) in [5.41, 5.74) is 1.56. The highest BCUT2D eigenvalue weighted by atomic mass is 32.2. The summed E-state index contributed by atoms with van der Waals surface area (Å²) in [5.74, 6) is 0.598. The van der Waals surface area contributed by atoms with Crippen molar-refractivity contribution in [3.8, 4) is 0 Å². The van der Waals surface area contributed by atoms with Crippen LogP contribution >= 0.6 is 11.8 Å². The van der Waals surface area contributed by atoms with E-state index in [0.717, 1.165) is 17.7 Å². The van der Waals surface area contributed by atoms with Gasteiger partial charge in [-0.1, -0.05) is 36.0 Å². The van der Waals surface area contributed by atoms with Gasteiger partial charge >= 0.3 is 0 Å². The normalized spacial score (nSPS) is 10.9. The quantitative estimate of drug-likeness (QED) is 0.742. The predicted octanol–water partition coefficient (Wildman–Crippen LogP) is 3.82. The SMILES string of the molecule is CC(=O)SCCC=Cc1cccc(F)c1C. The molecule has 86 valence electrons. The van der Waals surface area contributed by atoms with Crippen LogP contribution in [0.4, 0.5) is 4.39 Å². The topological polar surface area (TPSA) is 17.1 Å². The second-order valence-electron chi connectivity index (χ2n) is 3.49. The third-order valence-corrected chi connectivity index (χ3v) is 3.04. The third kappa shape index (κ3) is 4.19. The number of carbonyl (C=O) groups is 1. The lowest BCUT2D eigenvalue weighted by Crippen LogP contribution is -1.86. The van der Waals surface area contributed by atoms with Crippen molar-refractivity contribution >= 4 is 23.0 Å². The van der Waals surface area contributed by atoms with E-state index >= 15 is 0 Å². The number of carbonyl (C=O) groups excluding carboxylic acids is 1. The van der Waals surface area contributed by atoms with E-state index in [4.69, 9.17) is 0 Å². The van der Waals surface area contributed by atoms with Gasteiger partial charge in [-0.3, -0.25) is 4.79 Å². The van der Waals surface area contributed by atoms with E-state index in [-0.39, 0.29) is 10.9 Å². The van der Waals surface area contributed by atoms with Crippen LogP contribution in [0.5, 0.6) is 0 Å². The fourth-order valence-electron chi connectivity index (χ4n) is 1.29. The minimum absolute atomic E-state index is 0.135. The van der Waals surface area contributed by atoms with Crippen LogP contribution in [-0.4, -0.2) is 10.9 Å². The van der Waals surface area contributed by atoms with E-state index < -0.39 is 0 Å². The largest absolute Gasteiger partial charge is 0.288 e. The molecule has 0 N–H and O–H groups in total. The Labute approximate surface area is 99.7 Å². The Bertz CT molecular complexity index is 399. The maximum atomic E-state index is 13.2. The van der Waals surface area contributed by atoms with E-state index in [1.54, 1.807) is 19.9 Å². The molecule has 0 saturated carbocycles. The summed E-state index contributed by atoms with van der Waals surface area (Å²) in [6, 6.07) is 5.04. The molecule has 1 rings (SSSR count). The van der Waals surface area contributed by atoms with Crippen LogP contribution in [0, 0.1) is 12.7 Å². The van der Waals surface area contributed by atoms with Gasteiger partial charge in [0.25, 0.3) is 0 Å². The molecular formula is C13H15FOS.